The maximum atomic E-state index is 12.1. The van der Waals surface area contributed by atoms with Crippen molar-refractivity contribution in [2.24, 2.45) is 0 Å². The van der Waals surface area contributed by atoms with Crippen LogP contribution in [0.4, 0.5) is 5.69 Å². The third kappa shape index (κ3) is 3.05. The Morgan fingerprint density at radius 3 is 3.22 bits per heavy atom. The molecule has 1 aliphatic rings. The number of hydrogen-bond donors (Lipinski definition) is 1. The van der Waals surface area contributed by atoms with Crippen LogP contribution < -0.4 is 5.73 Å². The number of carbonyl (C=O) groups excluding carboxylic acids is 1. The maximum absolute atomic E-state index is 12.1. The summed E-state index contributed by atoms with van der Waals surface area (Å²) < 4.78 is 5.53. The zero-order chi connectivity index (χ0) is 13.0. The van der Waals surface area contributed by atoms with Gasteiger partial charge in [-0.25, -0.2) is 0 Å². The van der Waals surface area contributed by atoms with Crippen molar-refractivity contribution in [3.05, 3.63) is 24.0 Å². The van der Waals surface area contributed by atoms with Crippen LogP contribution in [-0.2, 0) is 16.0 Å². The monoisotopic (exact) mass is 249 g/mol. The lowest BCUT2D eigenvalue weighted by atomic mass is 10.0. The molecule has 0 aromatic carbocycles. The van der Waals surface area contributed by atoms with Crippen LogP contribution in [0.5, 0.6) is 0 Å². The summed E-state index contributed by atoms with van der Waals surface area (Å²) in [6, 6.07) is 1.71. The summed E-state index contributed by atoms with van der Waals surface area (Å²) in [6.45, 7) is 5.23. The summed E-state index contributed by atoms with van der Waals surface area (Å²) in [5.41, 5.74) is 7.20. The van der Waals surface area contributed by atoms with Gasteiger partial charge in [-0.1, -0.05) is 6.92 Å². The second-order valence-corrected chi connectivity index (χ2v) is 4.47. The summed E-state index contributed by atoms with van der Waals surface area (Å²) in [5.74, 6) is 0.0767. The van der Waals surface area contributed by atoms with Gasteiger partial charge in [0.05, 0.1) is 6.61 Å². The molecule has 1 saturated heterocycles. The van der Waals surface area contributed by atoms with E-state index in [2.05, 4.69) is 16.8 Å². The molecule has 18 heavy (non-hydrogen) atoms. The van der Waals surface area contributed by atoms with Gasteiger partial charge in [-0.05, 0) is 12.6 Å². The third-order valence-electron chi connectivity index (χ3n) is 3.26. The lowest BCUT2D eigenvalue weighted by Crippen LogP contribution is -2.46. The van der Waals surface area contributed by atoms with Gasteiger partial charge in [-0.2, -0.15) is 0 Å². The fraction of sp³-hybridized carbons (Fsp3) is 0.538. The molecule has 5 heteroatoms. The van der Waals surface area contributed by atoms with Gasteiger partial charge in [-0.3, -0.25) is 14.7 Å². The summed E-state index contributed by atoms with van der Waals surface area (Å²) in [5, 5.41) is 0. The van der Waals surface area contributed by atoms with E-state index >= 15 is 0 Å². The van der Waals surface area contributed by atoms with Gasteiger partial charge >= 0.3 is 0 Å². The second-order valence-electron chi connectivity index (χ2n) is 4.47. The Balaban J connectivity index is 1.97. The van der Waals surface area contributed by atoms with Gasteiger partial charge < -0.3 is 10.5 Å². The molecule has 2 rings (SSSR count). The number of aromatic nitrogens is 1. The first kappa shape index (κ1) is 13.0. The quantitative estimate of drug-likeness (QED) is 0.841. The molecule has 2 N–H and O–H groups in total. The standard InChI is InChI=1S/C13H19N3O2/c1-2-16-5-6-18-13(9-16)12(17)7-10-8-15-4-3-11(10)14/h3-4,8,13H,2,5-7,9H2,1H3,(H2,14,15). The van der Waals surface area contributed by atoms with E-state index in [1.807, 2.05) is 0 Å². The lowest BCUT2D eigenvalue weighted by Gasteiger charge is -2.31. The zero-order valence-electron chi connectivity index (χ0n) is 10.6. The first-order chi connectivity index (χ1) is 8.70. The van der Waals surface area contributed by atoms with E-state index in [4.69, 9.17) is 10.5 Å². The number of anilines is 1. The van der Waals surface area contributed by atoms with Crippen LogP contribution in [0, 0.1) is 0 Å². The number of nitrogens with two attached hydrogens (primary N) is 1. The topological polar surface area (TPSA) is 68.5 Å². The van der Waals surface area contributed by atoms with Crippen molar-refractivity contribution in [3.8, 4) is 0 Å². The smallest absolute Gasteiger partial charge is 0.167 e. The Hall–Kier alpha value is -1.46. The molecule has 1 fully saturated rings. The van der Waals surface area contributed by atoms with E-state index in [1.54, 1.807) is 18.5 Å². The van der Waals surface area contributed by atoms with Crippen LogP contribution in [0.3, 0.4) is 0 Å². The van der Waals surface area contributed by atoms with E-state index < -0.39 is 0 Å². The minimum atomic E-state index is -0.335. The van der Waals surface area contributed by atoms with Crippen molar-refractivity contribution in [1.29, 1.82) is 0 Å². The first-order valence-corrected chi connectivity index (χ1v) is 6.25. The molecule has 1 atom stereocenters. The Labute approximate surface area is 107 Å². The summed E-state index contributed by atoms with van der Waals surface area (Å²) in [6.07, 6.45) is 3.23. The number of likely N-dealkylation sites (N-methyl/N-ethyl adjacent to an activating group) is 1. The molecule has 1 unspecified atom stereocenters. The van der Waals surface area contributed by atoms with Crippen molar-refractivity contribution in [2.45, 2.75) is 19.4 Å². The van der Waals surface area contributed by atoms with Crippen molar-refractivity contribution < 1.29 is 9.53 Å². The normalized spacial score (nSPS) is 20.8. The molecule has 0 saturated carbocycles. The largest absolute Gasteiger partial charge is 0.398 e. The minimum absolute atomic E-state index is 0.0767. The van der Waals surface area contributed by atoms with Crippen molar-refractivity contribution >= 4 is 11.5 Å². The lowest BCUT2D eigenvalue weighted by molar-refractivity contribution is -0.135. The SMILES string of the molecule is CCN1CCOC(C(=O)Cc2cnccc2N)C1. The molecule has 2 heterocycles. The molecule has 0 aliphatic carbocycles. The highest BCUT2D eigenvalue weighted by Crippen LogP contribution is 2.13. The third-order valence-corrected chi connectivity index (χ3v) is 3.26. The fourth-order valence-corrected chi connectivity index (χ4v) is 2.07. The van der Waals surface area contributed by atoms with Gasteiger partial charge in [0, 0.05) is 43.2 Å². The molecule has 0 spiro atoms. The van der Waals surface area contributed by atoms with Gasteiger partial charge in [0.2, 0.25) is 0 Å². The van der Waals surface area contributed by atoms with Crippen LogP contribution in [0.1, 0.15) is 12.5 Å². The van der Waals surface area contributed by atoms with E-state index in [0.717, 1.165) is 18.7 Å². The van der Waals surface area contributed by atoms with Gasteiger partial charge in [-0.15, -0.1) is 0 Å². The molecule has 5 nitrogen and oxygen atoms in total. The van der Waals surface area contributed by atoms with E-state index in [9.17, 15) is 4.79 Å². The molecule has 1 aromatic heterocycles. The number of nitrogen functional groups attached to an aromatic ring is 1. The van der Waals surface area contributed by atoms with E-state index in [0.29, 0.717) is 25.3 Å². The molecule has 0 radical (unpaired) electrons. The highest BCUT2D eigenvalue weighted by Gasteiger charge is 2.26. The number of hydrogen-bond acceptors (Lipinski definition) is 5. The Kier molecular flexibility index (Phi) is 4.28. The van der Waals surface area contributed by atoms with Gasteiger partial charge in [0.1, 0.15) is 6.10 Å². The number of nitrogens with zero attached hydrogens (tertiary/aromatic N) is 2. The number of carbonyl (C=O) groups is 1. The van der Waals surface area contributed by atoms with Crippen molar-refractivity contribution in [1.82, 2.24) is 9.88 Å². The summed E-state index contributed by atoms with van der Waals surface area (Å²) in [4.78, 5) is 18.4. The van der Waals surface area contributed by atoms with Crippen molar-refractivity contribution in [2.75, 3.05) is 32.0 Å². The Bertz CT molecular complexity index is 422. The molecule has 1 aliphatic heterocycles. The number of ether oxygens (including phenoxy) is 1. The minimum Gasteiger partial charge on any atom is -0.398 e. The molecular weight excluding hydrogens is 230 g/mol. The number of ketones is 1. The number of rotatable bonds is 4. The average Bonchev–Trinajstić information content (AvgIpc) is 2.41. The molecular formula is C13H19N3O2. The van der Waals surface area contributed by atoms with Crippen LogP contribution in [0.15, 0.2) is 18.5 Å². The number of morpholine rings is 1. The average molecular weight is 249 g/mol. The van der Waals surface area contributed by atoms with Crippen molar-refractivity contribution in [3.63, 3.8) is 0 Å². The predicted octanol–water partition coefficient (Wildman–Crippen LogP) is 0.496. The highest BCUT2D eigenvalue weighted by atomic mass is 16.5. The maximum Gasteiger partial charge on any atom is 0.167 e. The molecule has 1 aromatic rings. The summed E-state index contributed by atoms with van der Waals surface area (Å²) in [7, 11) is 0. The van der Waals surface area contributed by atoms with Crippen LogP contribution in [0.25, 0.3) is 0 Å². The van der Waals surface area contributed by atoms with Crippen LogP contribution in [0.2, 0.25) is 0 Å². The highest BCUT2D eigenvalue weighted by molar-refractivity contribution is 5.86. The van der Waals surface area contributed by atoms with Crippen LogP contribution in [-0.4, -0.2) is 48.0 Å². The Morgan fingerprint density at radius 2 is 2.50 bits per heavy atom. The van der Waals surface area contributed by atoms with Gasteiger partial charge in [0.25, 0.3) is 0 Å². The summed E-state index contributed by atoms with van der Waals surface area (Å²) >= 11 is 0. The molecule has 98 valence electrons. The van der Waals surface area contributed by atoms with Crippen LogP contribution >= 0.6 is 0 Å². The number of pyridine rings is 1. The predicted molar refractivity (Wildman–Crippen MR) is 69.2 cm³/mol. The second kappa shape index (κ2) is 5.93. The van der Waals surface area contributed by atoms with E-state index in [1.165, 1.54) is 0 Å². The molecule has 0 bridgehead atoms. The molecule has 0 amide bonds. The first-order valence-electron chi connectivity index (χ1n) is 6.25. The van der Waals surface area contributed by atoms with Gasteiger partial charge in [0.15, 0.2) is 5.78 Å². The Morgan fingerprint density at radius 1 is 1.67 bits per heavy atom. The number of Topliss-reactive ketones (excluding diaryl/α,β-unsaturated/α-hetero) is 1. The fourth-order valence-electron chi connectivity index (χ4n) is 2.07. The zero-order valence-corrected chi connectivity index (χ0v) is 10.6. The van der Waals surface area contributed by atoms with E-state index in [-0.39, 0.29) is 11.9 Å².